The monoisotopic (exact) mass is 299 g/mol. The van der Waals surface area contributed by atoms with Gasteiger partial charge in [-0.25, -0.2) is 4.98 Å². The lowest BCUT2D eigenvalue weighted by Gasteiger charge is -2.25. The largest absolute Gasteiger partial charge is 0.344 e. The van der Waals surface area contributed by atoms with Gasteiger partial charge in [-0.15, -0.1) is 23.1 Å². The lowest BCUT2D eigenvalue weighted by Crippen LogP contribution is -2.42. The zero-order chi connectivity index (χ0) is 13.7. The maximum Gasteiger partial charge on any atom is 0.230 e. The molecule has 2 heterocycles. The Bertz CT molecular complexity index is 400. The second-order valence-electron chi connectivity index (χ2n) is 5.27. The van der Waals surface area contributed by atoms with E-state index in [0.717, 1.165) is 30.9 Å². The number of nitrogens with zero attached hydrogens (tertiary/aromatic N) is 1. The first-order valence-electron chi connectivity index (χ1n) is 6.61. The first-order chi connectivity index (χ1) is 9.08. The van der Waals surface area contributed by atoms with Crippen molar-refractivity contribution in [1.29, 1.82) is 0 Å². The molecule has 0 spiro atoms. The summed E-state index contributed by atoms with van der Waals surface area (Å²) >= 11 is 3.35. The number of piperidine rings is 1. The third kappa shape index (κ3) is 4.47. The van der Waals surface area contributed by atoms with Crippen LogP contribution in [0.3, 0.4) is 0 Å². The van der Waals surface area contributed by atoms with Crippen molar-refractivity contribution in [3.63, 3.8) is 0 Å². The van der Waals surface area contributed by atoms with Crippen LogP contribution in [0.4, 0.5) is 0 Å². The third-order valence-electron chi connectivity index (χ3n) is 3.16. The van der Waals surface area contributed by atoms with Gasteiger partial charge in [-0.3, -0.25) is 4.79 Å². The van der Waals surface area contributed by atoms with Crippen molar-refractivity contribution in [2.24, 2.45) is 0 Å². The van der Waals surface area contributed by atoms with Crippen LogP contribution in [0.2, 0.25) is 0 Å². The van der Waals surface area contributed by atoms with Gasteiger partial charge < -0.3 is 10.6 Å². The Kier molecular flexibility index (Phi) is 5.24. The van der Waals surface area contributed by atoms with Crippen molar-refractivity contribution in [1.82, 2.24) is 15.6 Å². The molecule has 1 aromatic heterocycles. The summed E-state index contributed by atoms with van der Waals surface area (Å²) in [5, 5.41) is 9.92. The number of hydrogen-bond acceptors (Lipinski definition) is 5. The molecule has 0 radical (unpaired) electrons. The van der Waals surface area contributed by atoms with Gasteiger partial charge in [0.2, 0.25) is 5.91 Å². The average molecular weight is 299 g/mol. The lowest BCUT2D eigenvalue weighted by atomic mass is 10.1. The topological polar surface area (TPSA) is 54.0 Å². The SMILES string of the molecule is CC(C)(NC(=O)CSC1CCNCC1)c1nccs1. The first-order valence-corrected chi connectivity index (χ1v) is 8.54. The molecular weight excluding hydrogens is 278 g/mol. The molecule has 2 rings (SSSR count). The van der Waals surface area contributed by atoms with Crippen molar-refractivity contribution in [3.05, 3.63) is 16.6 Å². The Hall–Kier alpha value is -0.590. The summed E-state index contributed by atoms with van der Waals surface area (Å²) in [5.41, 5.74) is -0.375. The minimum Gasteiger partial charge on any atom is -0.344 e. The molecule has 0 saturated carbocycles. The van der Waals surface area contributed by atoms with Gasteiger partial charge >= 0.3 is 0 Å². The smallest absolute Gasteiger partial charge is 0.230 e. The summed E-state index contributed by atoms with van der Waals surface area (Å²) in [6.07, 6.45) is 4.10. The molecule has 0 atom stereocenters. The fraction of sp³-hybridized carbons (Fsp3) is 0.692. The Labute approximate surface area is 122 Å². The van der Waals surface area contributed by atoms with Crippen molar-refractivity contribution < 1.29 is 4.79 Å². The quantitative estimate of drug-likeness (QED) is 0.873. The van der Waals surface area contributed by atoms with Gasteiger partial charge in [0.05, 0.1) is 11.3 Å². The van der Waals surface area contributed by atoms with Gasteiger partial charge in [-0.1, -0.05) is 0 Å². The Morgan fingerprint density at radius 3 is 2.95 bits per heavy atom. The highest BCUT2D eigenvalue weighted by Gasteiger charge is 2.25. The minimum atomic E-state index is -0.375. The van der Waals surface area contributed by atoms with Gasteiger partial charge in [-0.05, 0) is 39.8 Å². The summed E-state index contributed by atoms with van der Waals surface area (Å²) in [6.45, 7) is 6.14. The van der Waals surface area contributed by atoms with Crippen LogP contribution in [0.25, 0.3) is 0 Å². The second kappa shape index (κ2) is 6.72. The fourth-order valence-electron chi connectivity index (χ4n) is 2.13. The van der Waals surface area contributed by atoms with Crippen molar-refractivity contribution in [2.45, 2.75) is 37.5 Å². The van der Waals surface area contributed by atoms with Crippen LogP contribution in [0.15, 0.2) is 11.6 Å². The summed E-state index contributed by atoms with van der Waals surface area (Å²) in [7, 11) is 0. The van der Waals surface area contributed by atoms with E-state index in [9.17, 15) is 4.79 Å². The molecule has 1 aliphatic rings. The molecule has 1 aromatic rings. The number of rotatable bonds is 5. The number of aromatic nitrogens is 1. The highest BCUT2D eigenvalue weighted by atomic mass is 32.2. The van der Waals surface area contributed by atoms with E-state index in [0.29, 0.717) is 11.0 Å². The fourth-order valence-corrected chi connectivity index (χ4v) is 3.87. The highest BCUT2D eigenvalue weighted by Crippen LogP contribution is 2.23. The average Bonchev–Trinajstić information content (AvgIpc) is 2.92. The zero-order valence-electron chi connectivity index (χ0n) is 11.4. The zero-order valence-corrected chi connectivity index (χ0v) is 13.1. The first kappa shape index (κ1) is 14.8. The van der Waals surface area contributed by atoms with Crippen molar-refractivity contribution in [2.75, 3.05) is 18.8 Å². The van der Waals surface area contributed by atoms with Crippen molar-refractivity contribution in [3.8, 4) is 0 Å². The summed E-state index contributed by atoms with van der Waals surface area (Å²) < 4.78 is 0. The van der Waals surface area contributed by atoms with Gasteiger partial charge in [0.1, 0.15) is 5.01 Å². The van der Waals surface area contributed by atoms with E-state index < -0.39 is 0 Å². The maximum absolute atomic E-state index is 12.0. The number of thiazole rings is 1. The van der Waals surface area contributed by atoms with E-state index in [4.69, 9.17) is 0 Å². The molecule has 1 saturated heterocycles. The number of carbonyl (C=O) groups is 1. The predicted molar refractivity (Wildman–Crippen MR) is 81.6 cm³/mol. The Morgan fingerprint density at radius 1 is 1.58 bits per heavy atom. The molecule has 0 bridgehead atoms. The number of nitrogens with one attached hydrogen (secondary N) is 2. The summed E-state index contributed by atoms with van der Waals surface area (Å²) in [6, 6.07) is 0. The van der Waals surface area contributed by atoms with Gasteiger partial charge in [0, 0.05) is 16.8 Å². The van der Waals surface area contributed by atoms with Gasteiger partial charge in [0.25, 0.3) is 0 Å². The van der Waals surface area contributed by atoms with Crippen LogP contribution in [0.5, 0.6) is 0 Å². The molecular formula is C13H21N3OS2. The van der Waals surface area contributed by atoms with Crippen LogP contribution in [-0.2, 0) is 10.3 Å². The predicted octanol–water partition coefficient (Wildman–Crippen LogP) is 1.98. The van der Waals surface area contributed by atoms with Crippen LogP contribution >= 0.6 is 23.1 Å². The number of carbonyl (C=O) groups excluding carboxylic acids is 1. The summed E-state index contributed by atoms with van der Waals surface area (Å²) in [5.74, 6) is 0.642. The van der Waals surface area contributed by atoms with E-state index in [1.54, 1.807) is 29.3 Å². The molecule has 1 aliphatic heterocycles. The van der Waals surface area contributed by atoms with Crippen LogP contribution in [-0.4, -0.2) is 35.0 Å². The molecule has 4 nitrogen and oxygen atoms in total. The van der Waals surface area contributed by atoms with Crippen LogP contribution in [0.1, 0.15) is 31.7 Å². The molecule has 106 valence electrons. The molecule has 1 fully saturated rings. The van der Waals surface area contributed by atoms with E-state index in [1.165, 1.54) is 0 Å². The third-order valence-corrected chi connectivity index (χ3v) is 5.62. The standard InChI is InChI=1S/C13H21N3OS2/c1-13(2,12-15-7-8-18-12)16-11(17)9-19-10-3-5-14-6-4-10/h7-8,10,14H,3-6,9H2,1-2H3,(H,16,17). The molecule has 1 amide bonds. The van der Waals surface area contributed by atoms with E-state index >= 15 is 0 Å². The molecule has 2 N–H and O–H groups in total. The van der Waals surface area contributed by atoms with Crippen molar-refractivity contribution >= 4 is 29.0 Å². The number of thioether (sulfide) groups is 1. The van der Waals surface area contributed by atoms with E-state index in [-0.39, 0.29) is 11.4 Å². The van der Waals surface area contributed by atoms with E-state index in [2.05, 4.69) is 15.6 Å². The van der Waals surface area contributed by atoms with Gasteiger partial charge in [0.15, 0.2) is 0 Å². The maximum atomic E-state index is 12.0. The van der Waals surface area contributed by atoms with E-state index in [1.807, 2.05) is 19.2 Å². The Morgan fingerprint density at radius 2 is 2.32 bits per heavy atom. The minimum absolute atomic E-state index is 0.101. The molecule has 19 heavy (non-hydrogen) atoms. The van der Waals surface area contributed by atoms with Crippen LogP contribution in [0, 0.1) is 0 Å². The molecule has 0 unspecified atom stereocenters. The van der Waals surface area contributed by atoms with Crippen LogP contribution < -0.4 is 10.6 Å². The normalized spacial score (nSPS) is 17.4. The second-order valence-corrected chi connectivity index (χ2v) is 7.45. The lowest BCUT2D eigenvalue weighted by molar-refractivity contribution is -0.120. The molecule has 0 aromatic carbocycles. The van der Waals surface area contributed by atoms with Gasteiger partial charge in [-0.2, -0.15) is 0 Å². The number of amides is 1. The highest BCUT2D eigenvalue weighted by molar-refractivity contribution is 8.00. The number of hydrogen-bond donors (Lipinski definition) is 2. The Balaban J connectivity index is 1.77. The molecule has 0 aliphatic carbocycles. The molecule has 6 heteroatoms. The summed E-state index contributed by atoms with van der Waals surface area (Å²) in [4.78, 5) is 16.3.